The van der Waals surface area contributed by atoms with Gasteiger partial charge in [0.05, 0.1) is 30.1 Å². The Hall–Kier alpha value is -1.27. The van der Waals surface area contributed by atoms with Gasteiger partial charge in [-0.15, -0.1) is 0 Å². The molecule has 1 unspecified atom stereocenters. The summed E-state index contributed by atoms with van der Waals surface area (Å²) in [5, 5.41) is 0.453. The quantitative estimate of drug-likeness (QED) is 0.839. The lowest BCUT2D eigenvalue weighted by molar-refractivity contribution is -0.130. The Morgan fingerprint density at radius 1 is 1.48 bits per heavy atom. The minimum Gasteiger partial charge on any atom is -0.495 e. The van der Waals surface area contributed by atoms with E-state index in [0.717, 1.165) is 5.56 Å². The summed E-state index contributed by atoms with van der Waals surface area (Å²) in [6.07, 6.45) is 0.699. The molecule has 1 atom stereocenters. The van der Waals surface area contributed by atoms with Crippen LogP contribution in [0.25, 0.3) is 0 Å². The first-order valence-electron chi connectivity index (χ1n) is 6.61. The lowest BCUT2D eigenvalue weighted by Gasteiger charge is -2.23. The molecule has 1 fully saturated rings. The van der Waals surface area contributed by atoms with Gasteiger partial charge in [-0.1, -0.05) is 17.7 Å². The van der Waals surface area contributed by atoms with Crippen molar-refractivity contribution in [1.29, 1.82) is 0 Å². The van der Waals surface area contributed by atoms with Gasteiger partial charge in [-0.2, -0.15) is 0 Å². The highest BCUT2D eigenvalue weighted by molar-refractivity contribution is 7.91. The van der Waals surface area contributed by atoms with Crippen molar-refractivity contribution in [2.75, 3.05) is 25.7 Å². The molecule has 1 aromatic carbocycles. The maximum Gasteiger partial charge on any atom is 0.227 e. The van der Waals surface area contributed by atoms with Gasteiger partial charge in [0.15, 0.2) is 9.84 Å². The van der Waals surface area contributed by atoms with Gasteiger partial charge in [-0.25, -0.2) is 8.42 Å². The van der Waals surface area contributed by atoms with E-state index in [0.29, 0.717) is 17.2 Å². The van der Waals surface area contributed by atoms with E-state index in [2.05, 4.69) is 0 Å². The highest BCUT2D eigenvalue weighted by Crippen LogP contribution is 2.25. The van der Waals surface area contributed by atoms with E-state index in [1.54, 1.807) is 25.2 Å². The molecule has 1 heterocycles. The van der Waals surface area contributed by atoms with Crippen molar-refractivity contribution in [3.05, 3.63) is 28.8 Å². The molecule has 7 heteroatoms. The zero-order chi connectivity index (χ0) is 15.6. The van der Waals surface area contributed by atoms with Gasteiger partial charge in [-0.3, -0.25) is 4.79 Å². The molecule has 0 bridgehead atoms. The number of likely N-dealkylation sites (N-methyl/N-ethyl adjacent to an activating group) is 1. The summed E-state index contributed by atoms with van der Waals surface area (Å²) < 4.78 is 28.0. The maximum absolute atomic E-state index is 12.2. The molecule has 1 aliphatic heterocycles. The highest BCUT2D eigenvalue weighted by atomic mass is 35.5. The molecule has 5 nitrogen and oxygen atoms in total. The molecule has 0 saturated carbocycles. The fourth-order valence-electron chi connectivity index (χ4n) is 2.40. The third-order valence-electron chi connectivity index (χ3n) is 3.72. The van der Waals surface area contributed by atoms with Crippen molar-refractivity contribution in [1.82, 2.24) is 4.90 Å². The van der Waals surface area contributed by atoms with E-state index < -0.39 is 9.84 Å². The number of ether oxygens (including phenoxy) is 1. The standard InChI is InChI=1S/C14H18ClNO4S/c1-16(11-5-6-21(18,19)9-11)14(17)8-10-3-4-13(20-2)12(15)7-10/h3-4,7,11H,5-6,8-9H2,1-2H3. The Balaban J connectivity index is 2.02. The van der Waals surface area contributed by atoms with E-state index in [-0.39, 0.29) is 29.9 Å². The van der Waals surface area contributed by atoms with E-state index in [1.807, 2.05) is 0 Å². The molecule has 0 aliphatic carbocycles. The summed E-state index contributed by atoms with van der Waals surface area (Å²) >= 11 is 6.03. The number of sulfone groups is 1. The van der Waals surface area contributed by atoms with Crippen LogP contribution in [-0.4, -0.2) is 50.9 Å². The van der Waals surface area contributed by atoms with Crippen LogP contribution in [0.15, 0.2) is 18.2 Å². The topological polar surface area (TPSA) is 63.7 Å². The van der Waals surface area contributed by atoms with Crippen LogP contribution in [0.3, 0.4) is 0 Å². The molecule has 0 spiro atoms. The van der Waals surface area contributed by atoms with Crippen molar-refractivity contribution < 1.29 is 17.9 Å². The molecule has 1 amide bonds. The SMILES string of the molecule is COc1ccc(CC(=O)N(C)C2CCS(=O)(=O)C2)cc1Cl. The fourth-order valence-corrected chi connectivity index (χ4v) is 4.46. The van der Waals surface area contributed by atoms with Crippen LogP contribution >= 0.6 is 11.6 Å². The van der Waals surface area contributed by atoms with Crippen molar-refractivity contribution in [3.63, 3.8) is 0 Å². The monoisotopic (exact) mass is 331 g/mol. The van der Waals surface area contributed by atoms with E-state index in [9.17, 15) is 13.2 Å². The van der Waals surface area contributed by atoms with Gasteiger partial charge in [0.2, 0.25) is 5.91 Å². The third kappa shape index (κ3) is 3.89. The summed E-state index contributed by atoms with van der Waals surface area (Å²) in [7, 11) is 0.186. The van der Waals surface area contributed by atoms with Crippen LogP contribution in [0.2, 0.25) is 5.02 Å². The summed E-state index contributed by atoms with van der Waals surface area (Å²) in [6.45, 7) is 0. The number of methoxy groups -OCH3 is 1. The summed E-state index contributed by atoms with van der Waals surface area (Å²) in [6, 6.07) is 4.96. The average Bonchev–Trinajstić information content (AvgIpc) is 2.78. The second-order valence-electron chi connectivity index (χ2n) is 5.21. The van der Waals surface area contributed by atoms with Crippen LogP contribution < -0.4 is 4.74 Å². The number of amides is 1. The van der Waals surface area contributed by atoms with E-state index in [1.165, 1.54) is 12.0 Å². The van der Waals surface area contributed by atoms with Crippen LogP contribution in [0.4, 0.5) is 0 Å². The van der Waals surface area contributed by atoms with Gasteiger partial charge in [0.1, 0.15) is 5.75 Å². The van der Waals surface area contributed by atoms with Crippen molar-refractivity contribution >= 4 is 27.3 Å². The van der Waals surface area contributed by atoms with Crippen molar-refractivity contribution in [2.24, 2.45) is 0 Å². The van der Waals surface area contributed by atoms with Gasteiger partial charge in [-0.05, 0) is 24.1 Å². The summed E-state index contributed by atoms with van der Waals surface area (Å²) in [4.78, 5) is 13.8. The Labute approximate surface area is 129 Å². The second kappa shape index (κ2) is 6.23. The zero-order valence-electron chi connectivity index (χ0n) is 12.0. The Kier molecular flexibility index (Phi) is 4.78. The first-order chi connectivity index (χ1) is 9.82. The molecule has 21 heavy (non-hydrogen) atoms. The zero-order valence-corrected chi connectivity index (χ0v) is 13.6. The fraction of sp³-hybridized carbons (Fsp3) is 0.500. The number of nitrogens with zero attached hydrogens (tertiary/aromatic N) is 1. The summed E-state index contributed by atoms with van der Waals surface area (Å²) in [5.41, 5.74) is 0.776. The van der Waals surface area contributed by atoms with Crippen LogP contribution in [0, 0.1) is 0 Å². The van der Waals surface area contributed by atoms with Crippen molar-refractivity contribution in [2.45, 2.75) is 18.9 Å². The lowest BCUT2D eigenvalue weighted by atomic mass is 10.1. The number of carbonyl (C=O) groups is 1. The normalized spacial score (nSPS) is 20.2. The Morgan fingerprint density at radius 3 is 2.71 bits per heavy atom. The maximum atomic E-state index is 12.2. The van der Waals surface area contributed by atoms with Gasteiger partial charge < -0.3 is 9.64 Å². The molecule has 0 aromatic heterocycles. The number of rotatable bonds is 4. The first kappa shape index (κ1) is 16.1. The predicted octanol–water partition coefficient (Wildman–Crippen LogP) is 1.54. The molecule has 0 N–H and O–H groups in total. The largest absolute Gasteiger partial charge is 0.495 e. The Morgan fingerprint density at radius 2 is 2.19 bits per heavy atom. The average molecular weight is 332 g/mol. The first-order valence-corrected chi connectivity index (χ1v) is 8.81. The van der Waals surface area contributed by atoms with Crippen LogP contribution in [0.5, 0.6) is 5.75 Å². The smallest absolute Gasteiger partial charge is 0.227 e. The molecular weight excluding hydrogens is 314 g/mol. The molecule has 2 rings (SSSR count). The number of carbonyl (C=O) groups excluding carboxylic acids is 1. The van der Waals surface area contributed by atoms with Crippen molar-refractivity contribution in [3.8, 4) is 5.75 Å². The number of hydrogen-bond acceptors (Lipinski definition) is 4. The highest BCUT2D eigenvalue weighted by Gasteiger charge is 2.32. The lowest BCUT2D eigenvalue weighted by Crippen LogP contribution is -2.38. The van der Waals surface area contributed by atoms with Gasteiger partial charge in [0.25, 0.3) is 0 Å². The van der Waals surface area contributed by atoms with Crippen LogP contribution in [0.1, 0.15) is 12.0 Å². The second-order valence-corrected chi connectivity index (χ2v) is 7.84. The molecule has 1 aromatic rings. The minimum absolute atomic E-state index is 0.0542. The Bertz CT molecular complexity index is 644. The molecule has 116 valence electrons. The third-order valence-corrected chi connectivity index (χ3v) is 5.77. The van der Waals surface area contributed by atoms with E-state index in [4.69, 9.17) is 16.3 Å². The van der Waals surface area contributed by atoms with Gasteiger partial charge in [0, 0.05) is 13.1 Å². The predicted molar refractivity (Wildman–Crippen MR) is 81.5 cm³/mol. The van der Waals surface area contributed by atoms with E-state index >= 15 is 0 Å². The number of benzene rings is 1. The van der Waals surface area contributed by atoms with Crippen LogP contribution in [-0.2, 0) is 21.1 Å². The number of halogens is 1. The summed E-state index contributed by atoms with van der Waals surface area (Å²) in [5.74, 6) is 0.656. The van der Waals surface area contributed by atoms with Gasteiger partial charge >= 0.3 is 0 Å². The molecule has 1 saturated heterocycles. The molecule has 1 aliphatic rings. The molecule has 0 radical (unpaired) electrons. The minimum atomic E-state index is -2.99. The molecular formula is C14H18ClNO4S. The number of hydrogen-bond donors (Lipinski definition) is 0.